The van der Waals surface area contributed by atoms with Crippen LogP contribution in [0.1, 0.15) is 32.3 Å². The average molecular weight is 313 g/mol. The number of carbonyl (C=O) groups excluding carboxylic acids is 1. The molecule has 0 aliphatic carbocycles. The molecule has 1 aromatic rings. The van der Waals surface area contributed by atoms with Gasteiger partial charge >= 0.3 is 6.16 Å². The van der Waals surface area contributed by atoms with E-state index in [0.717, 1.165) is 5.75 Å². The molecule has 0 spiro atoms. The van der Waals surface area contributed by atoms with Crippen molar-refractivity contribution in [2.24, 2.45) is 0 Å². The highest BCUT2D eigenvalue weighted by atomic mass is 32.2. The van der Waals surface area contributed by atoms with E-state index in [0.29, 0.717) is 17.1 Å². The van der Waals surface area contributed by atoms with E-state index >= 15 is 0 Å². The van der Waals surface area contributed by atoms with Crippen LogP contribution in [-0.4, -0.2) is 29.2 Å². The fourth-order valence-corrected chi connectivity index (χ4v) is 2.13. The van der Waals surface area contributed by atoms with Crippen LogP contribution in [0.5, 0.6) is 5.75 Å². The van der Waals surface area contributed by atoms with Gasteiger partial charge in [0.2, 0.25) is 0 Å². The van der Waals surface area contributed by atoms with Crippen LogP contribution < -0.4 is 4.74 Å². The van der Waals surface area contributed by atoms with Gasteiger partial charge in [-0.15, -0.1) is 0 Å². The zero-order valence-electron chi connectivity index (χ0n) is 12.3. The molecule has 0 aliphatic heterocycles. The Bertz CT molecular complexity index is 504. The van der Waals surface area contributed by atoms with Gasteiger partial charge < -0.3 is 9.47 Å². The van der Waals surface area contributed by atoms with Gasteiger partial charge in [0.1, 0.15) is 12.4 Å². The third kappa shape index (κ3) is 5.63. The molecular formula is C14H19NO5S. The van der Waals surface area contributed by atoms with Crippen molar-refractivity contribution in [3.8, 4) is 5.75 Å². The maximum atomic E-state index is 11.6. The molecule has 0 fully saturated rings. The Hall–Kier alpha value is -1.76. The van der Waals surface area contributed by atoms with Crippen molar-refractivity contribution in [2.45, 2.75) is 26.7 Å². The van der Waals surface area contributed by atoms with Crippen LogP contribution in [0.2, 0.25) is 0 Å². The number of hydrogen-bond acceptors (Lipinski definition) is 6. The second-order valence-electron chi connectivity index (χ2n) is 4.53. The topological polar surface area (TPSA) is 78.7 Å². The molecule has 0 unspecified atom stereocenters. The van der Waals surface area contributed by atoms with Crippen molar-refractivity contribution in [3.63, 3.8) is 0 Å². The molecule has 0 amide bonds. The highest BCUT2D eigenvalue weighted by molar-refractivity contribution is 7.99. The number of hydrogen-bond donors (Lipinski definition) is 0. The average Bonchev–Trinajstić information content (AvgIpc) is 2.43. The van der Waals surface area contributed by atoms with Crippen LogP contribution in [0, 0.1) is 10.1 Å². The summed E-state index contributed by atoms with van der Waals surface area (Å²) >= 11 is 1.66. The fourth-order valence-electron chi connectivity index (χ4n) is 1.64. The predicted molar refractivity (Wildman–Crippen MR) is 82.2 cm³/mol. The number of rotatable bonds is 7. The lowest BCUT2D eigenvalue weighted by atomic mass is 10.0. The molecule has 0 atom stereocenters. The minimum absolute atomic E-state index is 0.0108. The largest absolute Gasteiger partial charge is 0.513 e. The summed E-state index contributed by atoms with van der Waals surface area (Å²) in [5, 5.41) is 10.8. The van der Waals surface area contributed by atoms with E-state index in [1.54, 1.807) is 11.8 Å². The molecule has 7 heteroatoms. The van der Waals surface area contributed by atoms with E-state index in [9.17, 15) is 14.9 Å². The first kappa shape index (κ1) is 17.3. The summed E-state index contributed by atoms with van der Waals surface area (Å²) in [5.41, 5.74) is 0.572. The van der Waals surface area contributed by atoms with E-state index in [1.807, 2.05) is 20.8 Å². The van der Waals surface area contributed by atoms with Crippen molar-refractivity contribution < 1.29 is 19.2 Å². The summed E-state index contributed by atoms with van der Waals surface area (Å²) in [6.07, 6.45) is -0.789. The molecular weight excluding hydrogens is 294 g/mol. The van der Waals surface area contributed by atoms with E-state index in [2.05, 4.69) is 0 Å². The zero-order chi connectivity index (χ0) is 15.8. The van der Waals surface area contributed by atoms with Gasteiger partial charge in [-0.1, -0.05) is 20.8 Å². The van der Waals surface area contributed by atoms with E-state index < -0.39 is 11.1 Å². The first-order valence-corrected chi connectivity index (χ1v) is 7.81. The van der Waals surface area contributed by atoms with Crippen molar-refractivity contribution in [2.75, 3.05) is 18.1 Å². The molecule has 0 saturated carbocycles. The second-order valence-corrected chi connectivity index (χ2v) is 5.93. The van der Waals surface area contributed by atoms with Gasteiger partial charge in [-0.25, -0.2) is 4.79 Å². The SMILES string of the molecule is CCSCCOC(=O)Oc1ccc([N+](=O)[O-])cc1C(C)C. The maximum Gasteiger partial charge on any atom is 0.513 e. The lowest BCUT2D eigenvalue weighted by molar-refractivity contribution is -0.384. The number of nitro benzene ring substituents is 1. The minimum Gasteiger partial charge on any atom is -0.433 e. The summed E-state index contributed by atoms with van der Waals surface area (Å²) in [7, 11) is 0. The molecule has 116 valence electrons. The molecule has 1 aromatic carbocycles. The van der Waals surface area contributed by atoms with Crippen molar-refractivity contribution in [3.05, 3.63) is 33.9 Å². The fraction of sp³-hybridized carbons (Fsp3) is 0.500. The van der Waals surface area contributed by atoms with E-state index in [1.165, 1.54) is 18.2 Å². The molecule has 0 radical (unpaired) electrons. The Morgan fingerprint density at radius 3 is 2.71 bits per heavy atom. The summed E-state index contributed by atoms with van der Waals surface area (Å²) in [4.78, 5) is 21.9. The first-order valence-electron chi connectivity index (χ1n) is 6.66. The number of thioether (sulfide) groups is 1. The van der Waals surface area contributed by atoms with Gasteiger partial charge in [-0.05, 0) is 17.7 Å². The first-order chi connectivity index (χ1) is 9.95. The number of carbonyl (C=O) groups is 1. The summed E-state index contributed by atoms with van der Waals surface area (Å²) < 4.78 is 10.1. The van der Waals surface area contributed by atoms with E-state index in [4.69, 9.17) is 9.47 Å². The van der Waals surface area contributed by atoms with Crippen LogP contribution in [-0.2, 0) is 4.74 Å². The highest BCUT2D eigenvalue weighted by Crippen LogP contribution is 2.30. The van der Waals surface area contributed by atoms with Gasteiger partial charge in [0.15, 0.2) is 0 Å². The molecule has 0 N–H and O–H groups in total. The predicted octanol–water partition coefficient (Wildman–Crippen LogP) is 3.99. The van der Waals surface area contributed by atoms with Gasteiger partial charge in [0.05, 0.1) is 4.92 Å². The monoisotopic (exact) mass is 313 g/mol. The molecule has 0 bridgehead atoms. The number of nitrogens with zero attached hydrogens (tertiary/aromatic N) is 1. The standard InChI is InChI=1S/C14H19NO5S/c1-4-21-8-7-19-14(16)20-13-6-5-11(15(17)18)9-12(13)10(2)3/h5-6,9-10H,4,7-8H2,1-3H3. The third-order valence-electron chi connectivity index (χ3n) is 2.67. The highest BCUT2D eigenvalue weighted by Gasteiger charge is 2.17. The molecule has 0 saturated heterocycles. The summed E-state index contributed by atoms with van der Waals surface area (Å²) in [6.45, 7) is 6.04. The summed E-state index contributed by atoms with van der Waals surface area (Å²) in [5.74, 6) is 1.95. The Morgan fingerprint density at radius 1 is 1.43 bits per heavy atom. The molecule has 0 aromatic heterocycles. The zero-order valence-corrected chi connectivity index (χ0v) is 13.1. The molecule has 1 rings (SSSR count). The Labute approximate surface area is 128 Å². The van der Waals surface area contributed by atoms with Crippen molar-refractivity contribution in [1.29, 1.82) is 0 Å². The maximum absolute atomic E-state index is 11.6. The van der Waals surface area contributed by atoms with Crippen molar-refractivity contribution >= 4 is 23.6 Å². The minimum atomic E-state index is -0.789. The quantitative estimate of drug-likeness (QED) is 0.249. The Balaban J connectivity index is 2.73. The molecule has 6 nitrogen and oxygen atoms in total. The number of ether oxygens (including phenoxy) is 2. The summed E-state index contributed by atoms with van der Waals surface area (Å²) in [6, 6.07) is 4.15. The lowest BCUT2D eigenvalue weighted by Crippen LogP contribution is -2.14. The van der Waals surface area contributed by atoms with Crippen LogP contribution >= 0.6 is 11.8 Å². The van der Waals surface area contributed by atoms with E-state index in [-0.39, 0.29) is 18.2 Å². The normalized spacial score (nSPS) is 10.5. The third-order valence-corrected chi connectivity index (χ3v) is 3.53. The number of nitro groups is 1. The second kappa shape index (κ2) is 8.51. The molecule has 0 aliphatic rings. The number of non-ortho nitro benzene ring substituents is 1. The smallest absolute Gasteiger partial charge is 0.433 e. The van der Waals surface area contributed by atoms with Crippen LogP contribution in [0.4, 0.5) is 10.5 Å². The van der Waals surface area contributed by atoms with Gasteiger partial charge in [-0.2, -0.15) is 11.8 Å². The van der Waals surface area contributed by atoms with Gasteiger partial charge in [0.25, 0.3) is 5.69 Å². The van der Waals surface area contributed by atoms with Gasteiger partial charge in [-0.3, -0.25) is 10.1 Å². The number of benzene rings is 1. The Morgan fingerprint density at radius 2 is 2.14 bits per heavy atom. The van der Waals surface area contributed by atoms with Gasteiger partial charge in [0, 0.05) is 23.4 Å². The van der Waals surface area contributed by atoms with Crippen molar-refractivity contribution in [1.82, 2.24) is 0 Å². The van der Waals surface area contributed by atoms with Crippen LogP contribution in [0.25, 0.3) is 0 Å². The Kier molecular flexibility index (Phi) is 7.01. The van der Waals surface area contributed by atoms with Crippen LogP contribution in [0.3, 0.4) is 0 Å². The lowest BCUT2D eigenvalue weighted by Gasteiger charge is -2.12. The molecule has 21 heavy (non-hydrogen) atoms. The molecule has 0 heterocycles. The van der Waals surface area contributed by atoms with Crippen LogP contribution in [0.15, 0.2) is 18.2 Å².